The summed E-state index contributed by atoms with van der Waals surface area (Å²) in [5, 5.41) is 2.44. The van der Waals surface area contributed by atoms with Crippen LogP contribution in [0.2, 0.25) is 0 Å². The second-order valence-corrected chi connectivity index (χ2v) is 4.25. The van der Waals surface area contributed by atoms with E-state index in [4.69, 9.17) is 4.42 Å². The Balaban J connectivity index is 2.34. The summed E-state index contributed by atoms with van der Waals surface area (Å²) in [5.74, 6) is 0.388. The first kappa shape index (κ1) is 9.30. The van der Waals surface area contributed by atoms with Gasteiger partial charge in [0, 0.05) is 0 Å². The van der Waals surface area contributed by atoms with Crippen LogP contribution in [0.4, 0.5) is 0 Å². The minimum Gasteiger partial charge on any atom is -0.437 e. The predicted molar refractivity (Wildman–Crippen MR) is 63.6 cm³/mol. The van der Waals surface area contributed by atoms with Crippen molar-refractivity contribution in [2.75, 3.05) is 0 Å². The van der Waals surface area contributed by atoms with Crippen LogP contribution in [0.25, 0.3) is 21.7 Å². The van der Waals surface area contributed by atoms with Crippen LogP contribution < -0.4 is 5.56 Å². The van der Waals surface area contributed by atoms with Crippen LogP contribution in [0, 0.1) is 0 Å². The van der Waals surface area contributed by atoms with Crippen LogP contribution in [-0.2, 0) is 0 Å². The van der Waals surface area contributed by atoms with Gasteiger partial charge in [0.1, 0.15) is 5.58 Å². The lowest BCUT2D eigenvalue weighted by molar-refractivity contribution is 0.597. The van der Waals surface area contributed by atoms with E-state index in [9.17, 15) is 4.79 Å². The number of aromatic nitrogens is 1. The summed E-state index contributed by atoms with van der Waals surface area (Å²) in [5.41, 5.74) is 0.330. The number of hydrogen-bond acceptors (Lipinski definition) is 4. The molecule has 0 aliphatic rings. The molecule has 0 fully saturated rings. The van der Waals surface area contributed by atoms with Gasteiger partial charge >= 0.3 is 0 Å². The first-order chi connectivity index (χ1) is 7.84. The number of nitrogens with zero attached hydrogens (tertiary/aromatic N) is 1. The van der Waals surface area contributed by atoms with Crippen molar-refractivity contribution in [3.8, 4) is 10.8 Å². The first-order valence-corrected chi connectivity index (χ1v) is 5.66. The quantitative estimate of drug-likeness (QED) is 0.644. The Morgan fingerprint density at radius 1 is 1.12 bits per heavy atom. The number of para-hydroxylation sites is 1. The van der Waals surface area contributed by atoms with E-state index in [0.717, 1.165) is 4.88 Å². The summed E-state index contributed by atoms with van der Waals surface area (Å²) in [6.45, 7) is 0. The molecule has 3 aromatic rings. The molecule has 0 unspecified atom stereocenters. The van der Waals surface area contributed by atoms with Crippen molar-refractivity contribution < 1.29 is 4.42 Å². The fourth-order valence-corrected chi connectivity index (χ4v) is 2.17. The van der Waals surface area contributed by atoms with E-state index in [-0.39, 0.29) is 5.56 Å². The smallest absolute Gasteiger partial charge is 0.284 e. The van der Waals surface area contributed by atoms with Gasteiger partial charge in [0.2, 0.25) is 5.89 Å². The Kier molecular flexibility index (Phi) is 2.08. The zero-order valence-corrected chi connectivity index (χ0v) is 9.03. The summed E-state index contributed by atoms with van der Waals surface area (Å²) >= 11 is 1.50. The normalized spacial score (nSPS) is 10.8. The number of fused-ring (bicyclic) bond motifs is 1. The summed E-state index contributed by atoms with van der Waals surface area (Å²) in [7, 11) is 0. The Labute approximate surface area is 95.0 Å². The number of rotatable bonds is 1. The molecule has 0 amide bonds. The van der Waals surface area contributed by atoms with E-state index in [0.29, 0.717) is 16.9 Å². The highest BCUT2D eigenvalue weighted by atomic mass is 32.1. The lowest BCUT2D eigenvalue weighted by Gasteiger charge is -1.98. The first-order valence-electron chi connectivity index (χ1n) is 4.78. The van der Waals surface area contributed by atoms with Crippen LogP contribution >= 0.6 is 11.3 Å². The molecule has 0 aliphatic heterocycles. The zero-order valence-electron chi connectivity index (χ0n) is 8.21. The van der Waals surface area contributed by atoms with Crippen molar-refractivity contribution in [3.05, 3.63) is 52.1 Å². The third kappa shape index (κ3) is 1.44. The average Bonchev–Trinajstić information content (AvgIpc) is 2.82. The lowest BCUT2D eigenvalue weighted by atomic mass is 10.2. The molecule has 2 heterocycles. The molecule has 2 aromatic heterocycles. The summed E-state index contributed by atoms with van der Waals surface area (Å²) < 4.78 is 5.59. The summed E-state index contributed by atoms with van der Waals surface area (Å²) in [6, 6.07) is 10.9. The zero-order chi connectivity index (χ0) is 11.0. The van der Waals surface area contributed by atoms with E-state index in [1.54, 1.807) is 18.2 Å². The van der Waals surface area contributed by atoms with Gasteiger partial charge in [0.25, 0.3) is 5.56 Å². The third-order valence-electron chi connectivity index (χ3n) is 2.26. The third-order valence-corrected chi connectivity index (χ3v) is 3.12. The molecule has 4 heteroatoms. The van der Waals surface area contributed by atoms with Gasteiger partial charge in [-0.15, -0.1) is 11.3 Å². The van der Waals surface area contributed by atoms with Crippen LogP contribution in [0.1, 0.15) is 0 Å². The second kappa shape index (κ2) is 3.57. The van der Waals surface area contributed by atoms with Crippen LogP contribution in [-0.4, -0.2) is 4.98 Å². The number of hydrogen-bond donors (Lipinski definition) is 0. The van der Waals surface area contributed by atoms with E-state index in [1.165, 1.54) is 11.3 Å². The minimum absolute atomic E-state index is 0.245. The standard InChI is InChI=1S/C12H7NO2S/c14-11-8-4-1-2-5-9(8)15-12(13-11)10-6-3-7-16-10/h1-7H. The summed E-state index contributed by atoms with van der Waals surface area (Å²) in [4.78, 5) is 16.5. The van der Waals surface area contributed by atoms with Crippen molar-refractivity contribution in [1.82, 2.24) is 4.98 Å². The van der Waals surface area contributed by atoms with Crippen molar-refractivity contribution >= 4 is 22.3 Å². The molecule has 0 bridgehead atoms. The van der Waals surface area contributed by atoms with Gasteiger partial charge in [-0.05, 0) is 23.6 Å². The molecular weight excluding hydrogens is 222 g/mol. The molecule has 3 nitrogen and oxygen atoms in total. The maximum atomic E-state index is 11.7. The van der Waals surface area contributed by atoms with Crippen molar-refractivity contribution in [1.29, 1.82) is 0 Å². The van der Waals surface area contributed by atoms with Crippen molar-refractivity contribution in [2.24, 2.45) is 0 Å². The molecule has 0 spiro atoms. The van der Waals surface area contributed by atoms with Gasteiger partial charge in [-0.25, -0.2) is 0 Å². The fraction of sp³-hybridized carbons (Fsp3) is 0. The number of thiophene rings is 1. The van der Waals surface area contributed by atoms with E-state index < -0.39 is 0 Å². The Morgan fingerprint density at radius 3 is 2.81 bits per heavy atom. The van der Waals surface area contributed by atoms with Gasteiger partial charge < -0.3 is 4.42 Å². The van der Waals surface area contributed by atoms with Gasteiger partial charge in [-0.1, -0.05) is 18.2 Å². The molecule has 0 atom stereocenters. The fourth-order valence-electron chi connectivity index (χ4n) is 1.52. The maximum Gasteiger partial charge on any atom is 0.284 e. The monoisotopic (exact) mass is 229 g/mol. The molecule has 0 saturated heterocycles. The van der Waals surface area contributed by atoms with Gasteiger partial charge in [-0.3, -0.25) is 4.79 Å². The second-order valence-electron chi connectivity index (χ2n) is 3.30. The Morgan fingerprint density at radius 2 is 2.00 bits per heavy atom. The van der Waals surface area contributed by atoms with Crippen LogP contribution in [0.15, 0.2) is 51.0 Å². The highest BCUT2D eigenvalue weighted by Crippen LogP contribution is 2.23. The molecule has 0 radical (unpaired) electrons. The molecule has 1 aromatic carbocycles. The number of benzene rings is 1. The van der Waals surface area contributed by atoms with Crippen molar-refractivity contribution in [2.45, 2.75) is 0 Å². The van der Waals surface area contributed by atoms with Crippen LogP contribution in [0.3, 0.4) is 0 Å². The molecule has 0 N–H and O–H groups in total. The van der Waals surface area contributed by atoms with Crippen molar-refractivity contribution in [3.63, 3.8) is 0 Å². The average molecular weight is 229 g/mol. The minimum atomic E-state index is -0.245. The molecular formula is C12H7NO2S. The highest BCUT2D eigenvalue weighted by molar-refractivity contribution is 7.13. The molecule has 16 heavy (non-hydrogen) atoms. The summed E-state index contributed by atoms with van der Waals surface area (Å²) in [6.07, 6.45) is 0. The lowest BCUT2D eigenvalue weighted by Crippen LogP contribution is -2.06. The van der Waals surface area contributed by atoms with E-state index in [2.05, 4.69) is 4.98 Å². The molecule has 3 rings (SSSR count). The van der Waals surface area contributed by atoms with E-state index >= 15 is 0 Å². The van der Waals surface area contributed by atoms with Gasteiger partial charge in [0.05, 0.1) is 10.3 Å². The molecule has 0 saturated carbocycles. The topological polar surface area (TPSA) is 43.1 Å². The highest BCUT2D eigenvalue weighted by Gasteiger charge is 2.08. The molecule has 0 aliphatic carbocycles. The predicted octanol–water partition coefficient (Wildman–Crippen LogP) is 2.92. The Hall–Kier alpha value is -1.94. The SMILES string of the molecule is O=c1nc(-c2cccs2)oc2ccccc12. The van der Waals surface area contributed by atoms with Crippen LogP contribution in [0.5, 0.6) is 0 Å². The maximum absolute atomic E-state index is 11.7. The largest absolute Gasteiger partial charge is 0.437 e. The van der Waals surface area contributed by atoms with Gasteiger partial charge in [-0.2, -0.15) is 4.98 Å². The Bertz CT molecular complexity index is 686. The van der Waals surface area contributed by atoms with E-state index in [1.807, 2.05) is 23.6 Å². The molecule has 78 valence electrons. The van der Waals surface area contributed by atoms with Gasteiger partial charge in [0.15, 0.2) is 0 Å².